The molecule has 2 aromatic rings. The second-order valence-electron chi connectivity index (χ2n) is 6.33. The summed E-state index contributed by atoms with van der Waals surface area (Å²) in [5.74, 6) is 1.27. The lowest BCUT2D eigenvalue weighted by Crippen LogP contribution is -2.41. The Morgan fingerprint density at radius 3 is 2.14 bits per heavy atom. The van der Waals surface area contributed by atoms with Crippen molar-refractivity contribution in [3.05, 3.63) is 26.7 Å². The summed E-state index contributed by atoms with van der Waals surface area (Å²) in [6.07, 6.45) is 0.703. The highest BCUT2D eigenvalue weighted by atomic mass is 16.2. The molecule has 0 aliphatic heterocycles. The predicted octanol–water partition coefficient (Wildman–Crippen LogP) is 1.76. The molecule has 0 aliphatic rings. The minimum Gasteiger partial charge on any atom is -0.336 e. The fourth-order valence-corrected chi connectivity index (χ4v) is 2.44. The second-order valence-corrected chi connectivity index (χ2v) is 6.33. The van der Waals surface area contributed by atoms with Crippen molar-refractivity contribution in [2.75, 3.05) is 0 Å². The predicted molar refractivity (Wildman–Crippen MR) is 83.7 cm³/mol. The van der Waals surface area contributed by atoms with Crippen LogP contribution < -0.4 is 11.2 Å². The number of H-pyrrole nitrogens is 1. The fourth-order valence-electron chi connectivity index (χ4n) is 2.44. The van der Waals surface area contributed by atoms with Gasteiger partial charge in [0.05, 0.1) is 0 Å². The molecular formula is C15H24N4O2. The summed E-state index contributed by atoms with van der Waals surface area (Å²) in [6, 6.07) is 0. The molecule has 0 amide bonds. The number of hydrogen-bond donors (Lipinski definition) is 1. The largest absolute Gasteiger partial charge is 0.336 e. The Labute approximate surface area is 123 Å². The van der Waals surface area contributed by atoms with Gasteiger partial charge in [0.25, 0.3) is 5.56 Å². The van der Waals surface area contributed by atoms with E-state index in [9.17, 15) is 9.59 Å². The molecule has 0 aliphatic carbocycles. The van der Waals surface area contributed by atoms with E-state index in [1.54, 1.807) is 4.57 Å². The summed E-state index contributed by atoms with van der Waals surface area (Å²) in [6.45, 7) is 11.0. The number of aryl methyl sites for hydroxylation is 1. The van der Waals surface area contributed by atoms with Gasteiger partial charge in [-0.25, -0.2) is 9.78 Å². The van der Waals surface area contributed by atoms with E-state index in [1.807, 2.05) is 34.6 Å². The molecule has 21 heavy (non-hydrogen) atoms. The van der Waals surface area contributed by atoms with Gasteiger partial charge in [-0.05, 0) is 11.8 Å². The normalized spacial score (nSPS) is 12.0. The average Bonchev–Trinajstić information content (AvgIpc) is 2.83. The molecule has 2 aromatic heterocycles. The number of nitrogens with one attached hydrogen (secondary N) is 1. The van der Waals surface area contributed by atoms with Crippen molar-refractivity contribution in [1.82, 2.24) is 19.1 Å². The van der Waals surface area contributed by atoms with Gasteiger partial charge < -0.3 is 4.98 Å². The van der Waals surface area contributed by atoms with Gasteiger partial charge in [0.2, 0.25) is 0 Å². The third-order valence-electron chi connectivity index (χ3n) is 3.34. The monoisotopic (exact) mass is 292 g/mol. The highest BCUT2D eigenvalue weighted by molar-refractivity contribution is 5.69. The summed E-state index contributed by atoms with van der Waals surface area (Å²) in [7, 11) is 0. The molecular weight excluding hydrogens is 268 g/mol. The first kappa shape index (κ1) is 15.5. The SMILES string of the molecule is CCc1nc2c([nH]1)c(=O)n(CC(C)C)c(=O)n2CC(C)C. The molecule has 0 fully saturated rings. The van der Waals surface area contributed by atoms with E-state index >= 15 is 0 Å². The Morgan fingerprint density at radius 2 is 1.62 bits per heavy atom. The van der Waals surface area contributed by atoms with Crippen LogP contribution in [0.15, 0.2) is 9.59 Å². The molecule has 0 atom stereocenters. The lowest BCUT2D eigenvalue weighted by molar-refractivity contribution is 0.450. The maximum absolute atomic E-state index is 12.6. The molecule has 1 N–H and O–H groups in total. The fraction of sp³-hybridized carbons (Fsp3) is 0.667. The van der Waals surface area contributed by atoms with Crippen LogP contribution in [0.1, 0.15) is 40.4 Å². The smallest absolute Gasteiger partial charge is 0.332 e. The number of hydrogen-bond acceptors (Lipinski definition) is 3. The van der Waals surface area contributed by atoms with E-state index in [1.165, 1.54) is 4.57 Å². The molecule has 0 radical (unpaired) electrons. The zero-order valence-electron chi connectivity index (χ0n) is 13.4. The van der Waals surface area contributed by atoms with Crippen molar-refractivity contribution in [2.45, 2.75) is 54.1 Å². The number of rotatable bonds is 5. The average molecular weight is 292 g/mol. The Bertz CT molecular complexity index is 749. The number of aromatic amines is 1. The van der Waals surface area contributed by atoms with Crippen LogP contribution in [-0.2, 0) is 19.5 Å². The number of nitrogens with zero attached hydrogens (tertiary/aromatic N) is 3. The first-order valence-corrected chi connectivity index (χ1v) is 7.57. The van der Waals surface area contributed by atoms with Crippen molar-refractivity contribution in [3.63, 3.8) is 0 Å². The number of imidazole rings is 1. The summed E-state index contributed by atoms with van der Waals surface area (Å²) >= 11 is 0. The maximum atomic E-state index is 12.6. The van der Waals surface area contributed by atoms with Gasteiger partial charge in [-0.15, -0.1) is 0 Å². The number of fused-ring (bicyclic) bond motifs is 1. The molecule has 2 heterocycles. The molecule has 0 aromatic carbocycles. The van der Waals surface area contributed by atoms with Gasteiger partial charge in [-0.3, -0.25) is 13.9 Å². The summed E-state index contributed by atoms with van der Waals surface area (Å²) in [5.41, 5.74) is 0.392. The second kappa shape index (κ2) is 5.87. The lowest BCUT2D eigenvalue weighted by atomic mass is 10.2. The minimum atomic E-state index is -0.268. The zero-order chi connectivity index (χ0) is 15.7. The van der Waals surface area contributed by atoms with Crippen LogP contribution in [0.4, 0.5) is 0 Å². The zero-order valence-corrected chi connectivity index (χ0v) is 13.4. The van der Waals surface area contributed by atoms with E-state index in [2.05, 4.69) is 9.97 Å². The Hall–Kier alpha value is -1.85. The van der Waals surface area contributed by atoms with Crippen molar-refractivity contribution in [1.29, 1.82) is 0 Å². The Balaban J connectivity index is 2.80. The first-order chi connectivity index (χ1) is 9.85. The van der Waals surface area contributed by atoms with Crippen molar-refractivity contribution in [3.8, 4) is 0 Å². The Kier molecular flexibility index (Phi) is 4.34. The Morgan fingerprint density at radius 1 is 1.05 bits per heavy atom. The van der Waals surface area contributed by atoms with Gasteiger partial charge in [0.15, 0.2) is 5.65 Å². The molecule has 0 unspecified atom stereocenters. The third kappa shape index (κ3) is 2.94. The van der Waals surface area contributed by atoms with Gasteiger partial charge in [-0.1, -0.05) is 34.6 Å². The van der Waals surface area contributed by atoms with Crippen molar-refractivity contribution in [2.24, 2.45) is 11.8 Å². The molecule has 6 heteroatoms. The highest BCUT2D eigenvalue weighted by Gasteiger charge is 2.18. The van der Waals surface area contributed by atoms with Gasteiger partial charge in [0, 0.05) is 19.5 Å². The number of aromatic nitrogens is 4. The summed E-state index contributed by atoms with van der Waals surface area (Å²) < 4.78 is 2.95. The molecule has 116 valence electrons. The standard InChI is InChI=1S/C15H24N4O2/c1-6-11-16-12-13(17-11)18(7-9(2)3)15(21)19(14(12)20)8-10(4)5/h9-10H,6-8H2,1-5H3,(H,16,17). The summed E-state index contributed by atoms with van der Waals surface area (Å²) in [4.78, 5) is 32.7. The summed E-state index contributed by atoms with van der Waals surface area (Å²) in [5, 5.41) is 0. The quantitative estimate of drug-likeness (QED) is 0.912. The van der Waals surface area contributed by atoms with Gasteiger partial charge in [-0.2, -0.15) is 0 Å². The van der Waals surface area contributed by atoms with Crippen LogP contribution in [0, 0.1) is 11.8 Å². The molecule has 0 saturated heterocycles. The molecule has 2 rings (SSSR count). The van der Waals surface area contributed by atoms with Crippen molar-refractivity contribution >= 4 is 11.2 Å². The van der Waals surface area contributed by atoms with Crippen molar-refractivity contribution < 1.29 is 0 Å². The minimum absolute atomic E-state index is 0.230. The van der Waals surface area contributed by atoms with Gasteiger partial charge in [0.1, 0.15) is 11.3 Å². The lowest BCUT2D eigenvalue weighted by Gasteiger charge is -2.14. The van der Waals surface area contributed by atoms with Crippen LogP contribution in [0.25, 0.3) is 11.2 Å². The molecule has 0 bridgehead atoms. The topological polar surface area (TPSA) is 72.7 Å². The van der Waals surface area contributed by atoms with E-state index < -0.39 is 0 Å². The van der Waals surface area contributed by atoms with Crippen LogP contribution in [0.2, 0.25) is 0 Å². The molecule has 0 saturated carbocycles. The maximum Gasteiger partial charge on any atom is 0.332 e. The van der Waals surface area contributed by atoms with Crippen LogP contribution in [-0.4, -0.2) is 19.1 Å². The molecule has 0 spiro atoms. The highest BCUT2D eigenvalue weighted by Crippen LogP contribution is 2.09. The van der Waals surface area contributed by atoms with E-state index in [0.29, 0.717) is 36.6 Å². The van der Waals surface area contributed by atoms with E-state index in [-0.39, 0.29) is 17.2 Å². The van der Waals surface area contributed by atoms with E-state index in [4.69, 9.17) is 0 Å². The van der Waals surface area contributed by atoms with E-state index in [0.717, 1.165) is 5.82 Å². The first-order valence-electron chi connectivity index (χ1n) is 7.57. The molecule has 6 nitrogen and oxygen atoms in total. The van der Waals surface area contributed by atoms with Gasteiger partial charge >= 0.3 is 5.69 Å². The van der Waals surface area contributed by atoms with Crippen LogP contribution in [0.5, 0.6) is 0 Å². The van der Waals surface area contributed by atoms with Crippen LogP contribution >= 0.6 is 0 Å². The third-order valence-corrected chi connectivity index (χ3v) is 3.34. The van der Waals surface area contributed by atoms with Crippen LogP contribution in [0.3, 0.4) is 0 Å².